The lowest BCUT2D eigenvalue weighted by Gasteiger charge is -2.08. The first-order valence-electron chi connectivity index (χ1n) is 5.64. The minimum absolute atomic E-state index is 0.248. The number of carbonyl (C=O) groups excluding carboxylic acids is 1. The highest BCUT2D eigenvalue weighted by atomic mass is 19.4. The van der Waals surface area contributed by atoms with Crippen LogP contribution in [-0.2, 0) is 13.2 Å². The van der Waals surface area contributed by atoms with Crippen LogP contribution in [0.2, 0.25) is 0 Å². The maximum Gasteiger partial charge on any atom is 0.416 e. The number of ketones is 1. The Morgan fingerprint density at radius 2 is 1.68 bits per heavy atom. The Bertz CT molecular complexity index is 589. The van der Waals surface area contributed by atoms with Crippen LogP contribution in [0.25, 0.3) is 0 Å². The number of hydrogen-bond acceptors (Lipinski definition) is 1. The Morgan fingerprint density at radius 1 is 1.11 bits per heavy atom. The van der Waals surface area contributed by atoms with E-state index in [0.29, 0.717) is 5.69 Å². The van der Waals surface area contributed by atoms with Gasteiger partial charge in [0.05, 0.1) is 11.3 Å². The van der Waals surface area contributed by atoms with E-state index < -0.39 is 11.7 Å². The summed E-state index contributed by atoms with van der Waals surface area (Å²) < 4.78 is 39.0. The largest absolute Gasteiger partial charge is 0.416 e. The Labute approximate surface area is 108 Å². The summed E-state index contributed by atoms with van der Waals surface area (Å²) >= 11 is 0. The summed E-state index contributed by atoms with van der Waals surface area (Å²) in [5.41, 5.74) is 0.776. The summed E-state index contributed by atoms with van der Waals surface area (Å²) in [5, 5.41) is 0. The third kappa shape index (κ3) is 2.54. The van der Waals surface area contributed by atoms with E-state index in [9.17, 15) is 18.0 Å². The average molecular weight is 267 g/mol. The van der Waals surface area contributed by atoms with Gasteiger partial charge in [-0.1, -0.05) is 12.1 Å². The lowest BCUT2D eigenvalue weighted by molar-refractivity contribution is -0.137. The molecule has 5 heteroatoms. The van der Waals surface area contributed by atoms with Gasteiger partial charge in [-0.3, -0.25) is 4.79 Å². The summed E-state index contributed by atoms with van der Waals surface area (Å²) in [6, 6.07) is 6.05. The monoisotopic (exact) mass is 267 g/mol. The molecule has 0 bridgehead atoms. The van der Waals surface area contributed by atoms with E-state index in [1.54, 1.807) is 30.8 Å². The van der Waals surface area contributed by atoms with E-state index in [1.165, 1.54) is 12.1 Å². The number of aromatic nitrogens is 1. The molecule has 0 saturated carbocycles. The van der Waals surface area contributed by atoms with Gasteiger partial charge in [-0.05, 0) is 30.7 Å². The van der Waals surface area contributed by atoms with Crippen LogP contribution in [0.5, 0.6) is 0 Å². The molecule has 1 heterocycles. The minimum atomic E-state index is -4.39. The van der Waals surface area contributed by atoms with Gasteiger partial charge in [-0.15, -0.1) is 0 Å². The second-order valence-corrected chi connectivity index (χ2v) is 4.36. The number of nitrogens with zero attached hydrogens (tertiary/aromatic N) is 1. The highest BCUT2D eigenvalue weighted by Crippen LogP contribution is 2.29. The van der Waals surface area contributed by atoms with Crippen LogP contribution in [0, 0.1) is 6.92 Å². The number of aryl methyl sites for hydroxylation is 2. The SMILES string of the molecule is Cc1ccn(C)c1C(=O)c1ccc(C(F)(F)F)cc1. The number of hydrogen-bond donors (Lipinski definition) is 0. The Balaban J connectivity index is 2.36. The first-order chi connectivity index (χ1) is 8.80. The molecule has 1 aromatic heterocycles. The zero-order chi connectivity index (χ0) is 14.2. The van der Waals surface area contributed by atoms with Crippen LogP contribution >= 0.6 is 0 Å². The van der Waals surface area contributed by atoms with Crippen molar-refractivity contribution in [2.45, 2.75) is 13.1 Å². The van der Waals surface area contributed by atoms with Gasteiger partial charge in [0.2, 0.25) is 5.78 Å². The van der Waals surface area contributed by atoms with Crippen molar-refractivity contribution in [1.29, 1.82) is 0 Å². The lowest BCUT2D eigenvalue weighted by atomic mass is 10.0. The van der Waals surface area contributed by atoms with Crippen molar-refractivity contribution >= 4 is 5.78 Å². The molecule has 0 fully saturated rings. The highest BCUT2D eigenvalue weighted by Gasteiger charge is 2.30. The second kappa shape index (κ2) is 4.57. The fraction of sp³-hybridized carbons (Fsp3) is 0.214. The van der Waals surface area contributed by atoms with E-state index in [4.69, 9.17) is 0 Å². The zero-order valence-electron chi connectivity index (χ0n) is 10.5. The van der Waals surface area contributed by atoms with Gasteiger partial charge in [-0.25, -0.2) is 0 Å². The molecule has 0 amide bonds. The van der Waals surface area contributed by atoms with E-state index >= 15 is 0 Å². The first kappa shape index (κ1) is 13.4. The molecule has 0 saturated heterocycles. The second-order valence-electron chi connectivity index (χ2n) is 4.36. The number of halogens is 3. The van der Waals surface area contributed by atoms with E-state index in [0.717, 1.165) is 17.7 Å². The van der Waals surface area contributed by atoms with Crippen LogP contribution < -0.4 is 0 Å². The molecule has 2 rings (SSSR count). The van der Waals surface area contributed by atoms with Crippen molar-refractivity contribution in [2.24, 2.45) is 7.05 Å². The third-order valence-electron chi connectivity index (χ3n) is 2.96. The van der Waals surface area contributed by atoms with Gasteiger partial charge in [-0.2, -0.15) is 13.2 Å². The number of benzene rings is 1. The van der Waals surface area contributed by atoms with E-state index in [1.807, 2.05) is 0 Å². The molecule has 0 radical (unpaired) electrons. The van der Waals surface area contributed by atoms with Crippen molar-refractivity contribution in [2.75, 3.05) is 0 Å². The summed E-state index contributed by atoms with van der Waals surface area (Å²) in [5.74, 6) is -0.279. The Hall–Kier alpha value is -2.04. The van der Waals surface area contributed by atoms with Crippen molar-refractivity contribution in [3.8, 4) is 0 Å². The maximum atomic E-state index is 12.4. The first-order valence-corrected chi connectivity index (χ1v) is 5.64. The normalized spacial score (nSPS) is 11.6. The van der Waals surface area contributed by atoms with Gasteiger partial charge >= 0.3 is 6.18 Å². The van der Waals surface area contributed by atoms with Crippen LogP contribution in [0.4, 0.5) is 13.2 Å². The molecule has 100 valence electrons. The highest BCUT2D eigenvalue weighted by molar-refractivity contribution is 6.08. The maximum absolute atomic E-state index is 12.4. The summed E-state index contributed by atoms with van der Waals surface area (Å²) in [7, 11) is 1.73. The van der Waals surface area contributed by atoms with Crippen molar-refractivity contribution in [1.82, 2.24) is 4.57 Å². The van der Waals surface area contributed by atoms with E-state index in [-0.39, 0.29) is 11.3 Å². The van der Waals surface area contributed by atoms with Crippen molar-refractivity contribution < 1.29 is 18.0 Å². The summed E-state index contributed by atoms with van der Waals surface area (Å²) in [6.07, 6.45) is -2.64. The minimum Gasteiger partial charge on any atom is -0.348 e. The number of rotatable bonds is 2. The summed E-state index contributed by atoms with van der Waals surface area (Å²) in [4.78, 5) is 12.2. The molecular weight excluding hydrogens is 255 g/mol. The molecule has 2 aromatic rings. The molecule has 0 atom stereocenters. The van der Waals surface area contributed by atoms with Crippen LogP contribution in [0.3, 0.4) is 0 Å². The van der Waals surface area contributed by atoms with Gasteiger partial charge < -0.3 is 4.57 Å². The van der Waals surface area contributed by atoms with Crippen LogP contribution in [0.1, 0.15) is 27.2 Å². The number of carbonyl (C=O) groups is 1. The lowest BCUT2D eigenvalue weighted by Crippen LogP contribution is -2.10. The van der Waals surface area contributed by atoms with Gasteiger partial charge in [0.25, 0.3) is 0 Å². The molecule has 1 aromatic carbocycles. The summed E-state index contributed by atoms with van der Waals surface area (Å²) in [6.45, 7) is 1.79. The van der Waals surface area contributed by atoms with Crippen LogP contribution in [0.15, 0.2) is 36.5 Å². The molecule has 2 nitrogen and oxygen atoms in total. The fourth-order valence-electron chi connectivity index (χ4n) is 1.94. The molecule has 0 aliphatic carbocycles. The molecule has 0 spiro atoms. The van der Waals surface area contributed by atoms with E-state index in [2.05, 4.69) is 0 Å². The Kier molecular flexibility index (Phi) is 3.22. The van der Waals surface area contributed by atoms with Gasteiger partial charge in [0, 0.05) is 18.8 Å². The molecular formula is C14H12F3NO. The predicted molar refractivity (Wildman–Crippen MR) is 65.0 cm³/mol. The average Bonchev–Trinajstić information content (AvgIpc) is 2.67. The fourth-order valence-corrected chi connectivity index (χ4v) is 1.94. The standard InChI is InChI=1S/C14H12F3NO/c1-9-7-8-18(2)12(9)13(19)10-3-5-11(6-4-10)14(15,16)17/h3-8H,1-2H3. The van der Waals surface area contributed by atoms with Gasteiger partial charge in [0.15, 0.2) is 0 Å². The van der Waals surface area contributed by atoms with Crippen molar-refractivity contribution in [3.63, 3.8) is 0 Å². The van der Waals surface area contributed by atoms with Gasteiger partial charge in [0.1, 0.15) is 0 Å². The predicted octanol–water partition coefficient (Wildman–Crippen LogP) is 3.58. The molecule has 0 unspecified atom stereocenters. The third-order valence-corrected chi connectivity index (χ3v) is 2.96. The zero-order valence-corrected chi connectivity index (χ0v) is 10.5. The topological polar surface area (TPSA) is 22.0 Å². The smallest absolute Gasteiger partial charge is 0.348 e. The molecule has 0 aliphatic rings. The van der Waals surface area contributed by atoms with Crippen LogP contribution in [-0.4, -0.2) is 10.4 Å². The number of alkyl halides is 3. The quantitative estimate of drug-likeness (QED) is 0.762. The molecule has 0 aliphatic heterocycles. The Morgan fingerprint density at radius 3 is 2.11 bits per heavy atom. The molecule has 19 heavy (non-hydrogen) atoms. The molecule has 0 N–H and O–H groups in total. The van der Waals surface area contributed by atoms with Crippen molar-refractivity contribution in [3.05, 3.63) is 58.9 Å².